The molecule has 0 atom stereocenters. The standard InChI is InChI=1S/C18H22IN3S/c19-16-3-1-12(2-4-16)11-20-22-17(23)21-18-8-13-5-14(9-18)7-15(6-13)10-18/h1-4,11,13-15H,5-10H2,(H2,21,22,23). The molecule has 0 amide bonds. The van der Waals surface area contributed by atoms with Crippen molar-refractivity contribution in [2.75, 3.05) is 0 Å². The smallest absolute Gasteiger partial charge is 0.187 e. The van der Waals surface area contributed by atoms with Gasteiger partial charge in [-0.05, 0) is 109 Å². The zero-order valence-corrected chi connectivity index (χ0v) is 16.1. The van der Waals surface area contributed by atoms with Gasteiger partial charge in [-0.2, -0.15) is 5.10 Å². The Morgan fingerprint density at radius 1 is 1.09 bits per heavy atom. The number of halogens is 1. The van der Waals surface area contributed by atoms with E-state index in [1.165, 1.54) is 42.1 Å². The third-order valence-corrected chi connectivity index (χ3v) is 6.58. The minimum atomic E-state index is 0.247. The van der Waals surface area contributed by atoms with Crippen LogP contribution in [0, 0.1) is 21.3 Å². The molecule has 122 valence electrons. The Morgan fingerprint density at radius 2 is 1.65 bits per heavy atom. The molecule has 4 bridgehead atoms. The van der Waals surface area contributed by atoms with Gasteiger partial charge in [-0.3, -0.25) is 5.43 Å². The average molecular weight is 439 g/mol. The highest BCUT2D eigenvalue weighted by Crippen LogP contribution is 2.55. The van der Waals surface area contributed by atoms with Crippen molar-refractivity contribution in [3.63, 3.8) is 0 Å². The first-order chi connectivity index (χ1) is 11.1. The number of hydrogen-bond acceptors (Lipinski definition) is 2. The van der Waals surface area contributed by atoms with Gasteiger partial charge in [-0.15, -0.1) is 0 Å². The van der Waals surface area contributed by atoms with Crippen molar-refractivity contribution < 1.29 is 0 Å². The molecule has 23 heavy (non-hydrogen) atoms. The van der Waals surface area contributed by atoms with Crippen molar-refractivity contribution in [1.82, 2.24) is 10.7 Å². The van der Waals surface area contributed by atoms with Gasteiger partial charge < -0.3 is 5.32 Å². The van der Waals surface area contributed by atoms with Crippen LogP contribution in [-0.4, -0.2) is 16.9 Å². The van der Waals surface area contributed by atoms with Gasteiger partial charge in [0, 0.05) is 9.11 Å². The lowest BCUT2D eigenvalue weighted by molar-refractivity contribution is -0.0101. The van der Waals surface area contributed by atoms with E-state index in [1.54, 1.807) is 0 Å². The molecule has 0 aromatic heterocycles. The zero-order chi connectivity index (χ0) is 15.9. The molecule has 3 nitrogen and oxygen atoms in total. The summed E-state index contributed by atoms with van der Waals surface area (Å²) in [5, 5.41) is 8.59. The van der Waals surface area contributed by atoms with Gasteiger partial charge >= 0.3 is 0 Å². The second-order valence-electron chi connectivity index (χ2n) is 7.57. The summed E-state index contributed by atoms with van der Waals surface area (Å²) < 4.78 is 1.23. The monoisotopic (exact) mass is 439 g/mol. The first-order valence-corrected chi connectivity index (χ1v) is 9.96. The Morgan fingerprint density at radius 3 is 2.22 bits per heavy atom. The minimum Gasteiger partial charge on any atom is -0.356 e. The molecular formula is C18H22IN3S. The van der Waals surface area contributed by atoms with Crippen LogP contribution < -0.4 is 10.7 Å². The molecular weight excluding hydrogens is 417 g/mol. The van der Waals surface area contributed by atoms with E-state index in [0.29, 0.717) is 5.11 Å². The lowest BCUT2D eigenvalue weighted by atomic mass is 9.53. The van der Waals surface area contributed by atoms with Crippen LogP contribution in [0.4, 0.5) is 0 Å². The summed E-state index contributed by atoms with van der Waals surface area (Å²) in [6, 6.07) is 8.27. The van der Waals surface area contributed by atoms with Crippen LogP contribution in [0.15, 0.2) is 29.4 Å². The van der Waals surface area contributed by atoms with Gasteiger partial charge in [0.25, 0.3) is 0 Å². The van der Waals surface area contributed by atoms with Crippen molar-refractivity contribution in [3.8, 4) is 0 Å². The molecule has 0 saturated heterocycles. The van der Waals surface area contributed by atoms with Gasteiger partial charge in [-0.1, -0.05) is 12.1 Å². The fourth-order valence-corrected chi connectivity index (χ4v) is 5.88. The highest BCUT2D eigenvalue weighted by Gasteiger charge is 2.51. The first-order valence-electron chi connectivity index (χ1n) is 8.47. The molecule has 1 aromatic carbocycles. The first kappa shape index (κ1) is 15.8. The van der Waals surface area contributed by atoms with Crippen LogP contribution in [0.25, 0.3) is 0 Å². The molecule has 0 radical (unpaired) electrons. The summed E-state index contributed by atoms with van der Waals surface area (Å²) in [4.78, 5) is 0. The second kappa shape index (κ2) is 6.31. The molecule has 0 aliphatic heterocycles. The molecule has 0 unspecified atom stereocenters. The SMILES string of the molecule is S=C(NN=Cc1ccc(I)cc1)NC12CC3CC(CC(C3)C1)C2. The molecule has 4 aliphatic carbocycles. The molecule has 2 N–H and O–H groups in total. The summed E-state index contributed by atoms with van der Waals surface area (Å²) in [5.74, 6) is 2.77. The van der Waals surface area contributed by atoms with Crippen molar-refractivity contribution in [1.29, 1.82) is 0 Å². The van der Waals surface area contributed by atoms with Gasteiger partial charge in [0.2, 0.25) is 0 Å². The van der Waals surface area contributed by atoms with Crippen molar-refractivity contribution in [2.24, 2.45) is 22.9 Å². The Bertz CT molecular complexity index is 590. The summed E-state index contributed by atoms with van der Waals surface area (Å²) in [6.07, 6.45) is 10.1. The predicted molar refractivity (Wildman–Crippen MR) is 107 cm³/mol. The highest BCUT2D eigenvalue weighted by molar-refractivity contribution is 14.1. The van der Waals surface area contributed by atoms with Crippen LogP contribution in [0.5, 0.6) is 0 Å². The average Bonchev–Trinajstić information content (AvgIpc) is 2.47. The minimum absolute atomic E-state index is 0.247. The van der Waals surface area contributed by atoms with Crippen molar-refractivity contribution in [2.45, 2.75) is 44.1 Å². The third-order valence-electron chi connectivity index (χ3n) is 5.67. The van der Waals surface area contributed by atoms with Gasteiger partial charge in [-0.25, -0.2) is 0 Å². The van der Waals surface area contributed by atoms with E-state index in [1.807, 2.05) is 6.21 Å². The Hall–Kier alpha value is -0.690. The summed E-state index contributed by atoms with van der Waals surface area (Å²) >= 11 is 7.79. The number of hydrogen-bond donors (Lipinski definition) is 2. The van der Waals surface area contributed by atoms with Crippen LogP contribution in [0.3, 0.4) is 0 Å². The van der Waals surface area contributed by atoms with E-state index in [-0.39, 0.29) is 5.54 Å². The van der Waals surface area contributed by atoms with E-state index in [0.717, 1.165) is 23.3 Å². The fraction of sp³-hybridized carbons (Fsp3) is 0.556. The topological polar surface area (TPSA) is 36.4 Å². The van der Waals surface area contributed by atoms with E-state index < -0.39 is 0 Å². The number of hydrazone groups is 1. The predicted octanol–water partition coefficient (Wildman–Crippen LogP) is 4.06. The Balaban J connectivity index is 1.34. The lowest BCUT2D eigenvalue weighted by Crippen LogP contribution is -2.61. The van der Waals surface area contributed by atoms with Gasteiger partial charge in [0.15, 0.2) is 5.11 Å². The summed E-state index contributed by atoms with van der Waals surface area (Å²) in [7, 11) is 0. The van der Waals surface area contributed by atoms with E-state index in [2.05, 4.69) is 62.7 Å². The fourth-order valence-electron chi connectivity index (χ4n) is 5.25. The number of benzene rings is 1. The number of rotatable bonds is 3. The maximum atomic E-state index is 5.49. The van der Waals surface area contributed by atoms with Crippen LogP contribution in [0.2, 0.25) is 0 Å². The molecule has 0 heterocycles. The van der Waals surface area contributed by atoms with Gasteiger partial charge in [0.1, 0.15) is 0 Å². The van der Waals surface area contributed by atoms with Crippen molar-refractivity contribution >= 4 is 46.1 Å². The van der Waals surface area contributed by atoms with E-state index in [4.69, 9.17) is 12.2 Å². The molecule has 5 heteroatoms. The Labute approximate surface area is 156 Å². The molecule has 4 saturated carbocycles. The van der Waals surface area contributed by atoms with E-state index >= 15 is 0 Å². The Kier molecular flexibility index (Phi) is 4.34. The highest BCUT2D eigenvalue weighted by atomic mass is 127. The number of nitrogens with zero attached hydrogens (tertiary/aromatic N) is 1. The molecule has 0 spiro atoms. The van der Waals surface area contributed by atoms with Crippen molar-refractivity contribution in [3.05, 3.63) is 33.4 Å². The molecule has 5 rings (SSSR count). The maximum absolute atomic E-state index is 5.49. The second-order valence-corrected chi connectivity index (χ2v) is 9.23. The van der Waals surface area contributed by atoms with Crippen LogP contribution in [0.1, 0.15) is 44.1 Å². The maximum Gasteiger partial charge on any atom is 0.187 e. The molecule has 4 aliphatic rings. The normalized spacial score (nSPS) is 34.7. The van der Waals surface area contributed by atoms with Gasteiger partial charge in [0.05, 0.1) is 6.21 Å². The number of nitrogens with one attached hydrogen (secondary N) is 2. The molecule has 1 aromatic rings. The summed E-state index contributed by atoms with van der Waals surface area (Å²) in [5.41, 5.74) is 4.34. The van der Waals surface area contributed by atoms with E-state index in [9.17, 15) is 0 Å². The van der Waals surface area contributed by atoms with Crippen LogP contribution >= 0.6 is 34.8 Å². The summed E-state index contributed by atoms with van der Waals surface area (Å²) in [6.45, 7) is 0. The van der Waals surface area contributed by atoms with Crippen LogP contribution in [-0.2, 0) is 0 Å². The quantitative estimate of drug-likeness (QED) is 0.323. The lowest BCUT2D eigenvalue weighted by Gasteiger charge is -2.57. The largest absolute Gasteiger partial charge is 0.356 e. The number of thiocarbonyl (C=S) groups is 1. The zero-order valence-electron chi connectivity index (χ0n) is 13.1. The third kappa shape index (κ3) is 3.55. The molecule has 4 fully saturated rings.